The molecule has 0 unspecified atom stereocenters. The maximum Gasteiger partial charge on any atom is 0.181 e. The average molecular weight is 171 g/mol. The van der Waals surface area contributed by atoms with E-state index in [9.17, 15) is 9.50 Å². The van der Waals surface area contributed by atoms with Gasteiger partial charge in [0.2, 0.25) is 0 Å². The third kappa shape index (κ3) is 1.15. The average Bonchev–Trinajstić information content (AvgIpc) is 2.02. The lowest BCUT2D eigenvalue weighted by atomic mass is 10.1. The van der Waals surface area contributed by atoms with E-state index in [1.165, 1.54) is 14.0 Å². The number of halogens is 1. The van der Waals surface area contributed by atoms with Gasteiger partial charge in [0.15, 0.2) is 11.5 Å². The van der Waals surface area contributed by atoms with Gasteiger partial charge in [-0.2, -0.15) is 0 Å². The van der Waals surface area contributed by atoms with Crippen molar-refractivity contribution in [2.75, 3.05) is 12.8 Å². The molecule has 3 nitrogen and oxygen atoms in total. The van der Waals surface area contributed by atoms with E-state index in [4.69, 9.17) is 10.5 Å². The number of ether oxygens (including phenoxy) is 1. The second-order valence-corrected chi connectivity index (χ2v) is 2.45. The third-order valence-corrected chi connectivity index (χ3v) is 1.67. The van der Waals surface area contributed by atoms with Crippen molar-refractivity contribution in [3.05, 3.63) is 17.4 Å². The minimum atomic E-state index is -0.484. The quantitative estimate of drug-likeness (QED) is 0.496. The minimum Gasteiger partial charge on any atom is -0.503 e. The third-order valence-electron chi connectivity index (χ3n) is 1.67. The van der Waals surface area contributed by atoms with Crippen LogP contribution >= 0.6 is 0 Å². The molecule has 4 heteroatoms. The van der Waals surface area contributed by atoms with Crippen molar-refractivity contribution < 1.29 is 14.2 Å². The Hall–Kier alpha value is -1.45. The molecule has 0 spiro atoms. The highest BCUT2D eigenvalue weighted by Gasteiger charge is 2.13. The Bertz CT molecular complexity index is 286. The van der Waals surface area contributed by atoms with Gasteiger partial charge in [0.1, 0.15) is 5.82 Å². The highest BCUT2D eigenvalue weighted by Crippen LogP contribution is 2.36. The Labute approximate surface area is 69.6 Å². The van der Waals surface area contributed by atoms with Crippen LogP contribution in [0.2, 0.25) is 0 Å². The molecule has 0 aliphatic heterocycles. The van der Waals surface area contributed by atoms with Crippen LogP contribution < -0.4 is 10.5 Å². The molecule has 1 aromatic carbocycles. The number of aromatic hydroxyl groups is 1. The van der Waals surface area contributed by atoms with Crippen LogP contribution in [0.15, 0.2) is 6.07 Å². The van der Waals surface area contributed by atoms with E-state index >= 15 is 0 Å². The smallest absolute Gasteiger partial charge is 0.181 e. The van der Waals surface area contributed by atoms with Crippen LogP contribution in [-0.2, 0) is 0 Å². The maximum absolute atomic E-state index is 12.9. The SMILES string of the molecule is COc1c(C)c(F)cc(N)c1O. The molecule has 12 heavy (non-hydrogen) atoms. The molecular formula is C8H10FNO2. The fourth-order valence-electron chi connectivity index (χ4n) is 0.980. The molecule has 0 heterocycles. The van der Waals surface area contributed by atoms with Gasteiger partial charge < -0.3 is 15.6 Å². The Morgan fingerprint density at radius 1 is 1.58 bits per heavy atom. The Balaban J connectivity index is 3.42. The van der Waals surface area contributed by atoms with Gasteiger partial charge in [-0.3, -0.25) is 0 Å². The number of methoxy groups -OCH3 is 1. The van der Waals surface area contributed by atoms with Gasteiger partial charge in [-0.15, -0.1) is 0 Å². The van der Waals surface area contributed by atoms with Gasteiger partial charge >= 0.3 is 0 Å². The summed E-state index contributed by atoms with van der Waals surface area (Å²) in [5.74, 6) is -0.606. The number of nitrogen functional groups attached to an aromatic ring is 1. The molecular weight excluding hydrogens is 161 g/mol. The molecule has 66 valence electrons. The van der Waals surface area contributed by atoms with E-state index in [-0.39, 0.29) is 22.7 Å². The molecule has 3 N–H and O–H groups in total. The fraction of sp³-hybridized carbons (Fsp3) is 0.250. The van der Waals surface area contributed by atoms with Gasteiger partial charge in [0, 0.05) is 11.6 Å². The summed E-state index contributed by atoms with van der Waals surface area (Å²) in [5, 5.41) is 9.29. The minimum absolute atomic E-state index is 0.0186. The van der Waals surface area contributed by atoms with Crippen molar-refractivity contribution in [1.82, 2.24) is 0 Å². The molecule has 0 radical (unpaired) electrons. The summed E-state index contributed by atoms with van der Waals surface area (Å²) < 4.78 is 17.7. The van der Waals surface area contributed by atoms with Crippen LogP contribution in [0, 0.1) is 12.7 Å². The molecule has 0 amide bonds. The molecule has 1 rings (SSSR count). The van der Waals surface area contributed by atoms with Gasteiger partial charge in [0.25, 0.3) is 0 Å². The predicted molar refractivity (Wildman–Crippen MR) is 43.8 cm³/mol. The van der Waals surface area contributed by atoms with Crippen LogP contribution in [0.1, 0.15) is 5.56 Å². The predicted octanol–water partition coefficient (Wildman–Crippen LogP) is 1.43. The van der Waals surface area contributed by atoms with E-state index in [0.29, 0.717) is 0 Å². The zero-order chi connectivity index (χ0) is 9.30. The molecule has 0 saturated heterocycles. The molecule has 1 aromatic rings. The topological polar surface area (TPSA) is 55.5 Å². The fourth-order valence-corrected chi connectivity index (χ4v) is 0.980. The van der Waals surface area contributed by atoms with E-state index < -0.39 is 5.82 Å². The second kappa shape index (κ2) is 2.89. The summed E-state index contributed by atoms with van der Waals surface area (Å²) in [5.41, 5.74) is 5.53. The summed E-state index contributed by atoms with van der Waals surface area (Å²) in [4.78, 5) is 0. The van der Waals surface area contributed by atoms with Crippen molar-refractivity contribution in [1.29, 1.82) is 0 Å². The maximum atomic E-state index is 12.9. The summed E-state index contributed by atoms with van der Waals surface area (Å²) in [6.07, 6.45) is 0. The van der Waals surface area contributed by atoms with E-state index in [2.05, 4.69) is 0 Å². The first-order chi connectivity index (χ1) is 5.57. The number of benzene rings is 1. The Morgan fingerprint density at radius 2 is 2.17 bits per heavy atom. The number of anilines is 1. The summed E-state index contributed by atoms with van der Waals surface area (Å²) >= 11 is 0. The Morgan fingerprint density at radius 3 is 2.67 bits per heavy atom. The van der Waals surface area contributed by atoms with Crippen LogP contribution in [-0.4, -0.2) is 12.2 Å². The Kier molecular flexibility index (Phi) is 2.08. The van der Waals surface area contributed by atoms with Crippen molar-refractivity contribution in [3.8, 4) is 11.5 Å². The summed E-state index contributed by atoms with van der Waals surface area (Å²) in [7, 11) is 1.35. The van der Waals surface area contributed by atoms with Crippen molar-refractivity contribution >= 4 is 5.69 Å². The van der Waals surface area contributed by atoms with Crippen molar-refractivity contribution in [2.24, 2.45) is 0 Å². The number of hydrogen-bond acceptors (Lipinski definition) is 3. The number of phenols is 1. The number of phenolic OH excluding ortho intramolecular Hbond substituents is 1. The zero-order valence-electron chi connectivity index (χ0n) is 6.89. The van der Waals surface area contributed by atoms with Gasteiger partial charge in [-0.05, 0) is 6.92 Å². The van der Waals surface area contributed by atoms with Gasteiger partial charge in [-0.1, -0.05) is 0 Å². The number of nitrogens with two attached hydrogens (primary N) is 1. The normalized spacial score (nSPS) is 9.92. The standard InChI is InChI=1S/C8H10FNO2/c1-4-5(9)3-6(10)7(11)8(4)12-2/h3,11H,10H2,1-2H3. The molecule has 0 aromatic heterocycles. The van der Waals surface area contributed by atoms with Crippen molar-refractivity contribution in [3.63, 3.8) is 0 Å². The first kappa shape index (κ1) is 8.64. The van der Waals surface area contributed by atoms with Crippen LogP contribution in [0.4, 0.5) is 10.1 Å². The first-order valence-electron chi connectivity index (χ1n) is 3.39. The zero-order valence-corrected chi connectivity index (χ0v) is 6.89. The number of rotatable bonds is 1. The van der Waals surface area contributed by atoms with Crippen LogP contribution in [0.3, 0.4) is 0 Å². The van der Waals surface area contributed by atoms with Crippen LogP contribution in [0.25, 0.3) is 0 Å². The van der Waals surface area contributed by atoms with E-state index in [0.717, 1.165) is 6.07 Å². The second-order valence-electron chi connectivity index (χ2n) is 2.45. The molecule has 0 aliphatic rings. The molecule has 0 fully saturated rings. The van der Waals surface area contributed by atoms with Crippen LogP contribution in [0.5, 0.6) is 11.5 Å². The van der Waals surface area contributed by atoms with Crippen molar-refractivity contribution in [2.45, 2.75) is 6.92 Å². The monoisotopic (exact) mass is 171 g/mol. The highest BCUT2D eigenvalue weighted by molar-refractivity contribution is 5.62. The van der Waals surface area contributed by atoms with E-state index in [1.807, 2.05) is 0 Å². The molecule has 0 aliphatic carbocycles. The molecule has 0 saturated carbocycles. The lowest BCUT2D eigenvalue weighted by Crippen LogP contribution is -1.95. The number of hydrogen-bond donors (Lipinski definition) is 2. The van der Waals surface area contributed by atoms with E-state index in [1.54, 1.807) is 0 Å². The lowest BCUT2D eigenvalue weighted by Gasteiger charge is -2.09. The first-order valence-corrected chi connectivity index (χ1v) is 3.39. The lowest BCUT2D eigenvalue weighted by molar-refractivity contribution is 0.368. The molecule has 0 bridgehead atoms. The highest BCUT2D eigenvalue weighted by atomic mass is 19.1. The molecule has 0 atom stereocenters. The summed E-state index contributed by atoms with van der Waals surface area (Å²) in [6.45, 7) is 1.51. The summed E-state index contributed by atoms with van der Waals surface area (Å²) in [6, 6.07) is 1.06. The van der Waals surface area contributed by atoms with Gasteiger partial charge in [-0.25, -0.2) is 4.39 Å². The van der Waals surface area contributed by atoms with Gasteiger partial charge in [0.05, 0.1) is 12.8 Å². The largest absolute Gasteiger partial charge is 0.503 e.